The van der Waals surface area contributed by atoms with Gasteiger partial charge in [-0.2, -0.15) is 0 Å². The number of rotatable bonds is 10. The molecule has 0 saturated carbocycles. The Morgan fingerprint density at radius 3 is 1.45 bits per heavy atom. The van der Waals surface area contributed by atoms with Crippen LogP contribution in [0.5, 0.6) is 0 Å². The van der Waals surface area contributed by atoms with Crippen molar-refractivity contribution < 1.29 is 10.2 Å². The highest BCUT2D eigenvalue weighted by Gasteiger charge is 2.06. The van der Waals surface area contributed by atoms with E-state index >= 15 is 0 Å². The summed E-state index contributed by atoms with van der Waals surface area (Å²) in [6, 6.07) is 22.1. The number of anilines is 8. The van der Waals surface area contributed by atoms with Gasteiger partial charge >= 0.3 is 0 Å². The maximum absolute atomic E-state index is 9.10. The van der Waals surface area contributed by atoms with Crippen molar-refractivity contribution in [3.8, 4) is 0 Å². The number of nitrogens with one attached hydrogen (secondary N) is 2. The van der Waals surface area contributed by atoms with Crippen LogP contribution in [0.2, 0.25) is 0 Å². The van der Waals surface area contributed by atoms with Gasteiger partial charge in [-0.05, 0) is 108 Å². The Hall–Kier alpha value is -4.22. The number of aliphatic hydroxyl groups excluding tert-OH is 2. The molecule has 0 spiro atoms. The van der Waals surface area contributed by atoms with Crippen LogP contribution in [0.25, 0.3) is 0 Å². The first-order valence-corrected chi connectivity index (χ1v) is 12.9. The van der Waals surface area contributed by atoms with E-state index in [2.05, 4.69) is 10.6 Å². The Morgan fingerprint density at radius 1 is 0.476 bits per heavy atom. The Bertz CT molecular complexity index is 1420. The Kier molecular flexibility index (Phi) is 15.0. The molecular weight excluding hydrogens is 575 g/mol. The molecule has 4 aromatic rings. The van der Waals surface area contributed by atoms with E-state index in [9.17, 15) is 0 Å². The molecule has 228 valence electrons. The quantitative estimate of drug-likeness (QED) is 0.115. The van der Waals surface area contributed by atoms with E-state index in [-0.39, 0.29) is 38.0 Å². The fraction of sp³-hybridized carbons (Fsp3) is 0.200. The van der Waals surface area contributed by atoms with Crippen LogP contribution < -0.4 is 45.0 Å². The van der Waals surface area contributed by atoms with Crippen LogP contribution in [0.3, 0.4) is 0 Å². The fourth-order valence-corrected chi connectivity index (χ4v) is 4.11. The van der Waals surface area contributed by atoms with E-state index in [1.165, 1.54) is 0 Å². The number of hydrogen-bond donors (Lipinski definition) is 10. The van der Waals surface area contributed by atoms with Crippen molar-refractivity contribution in [1.29, 1.82) is 0 Å². The van der Waals surface area contributed by atoms with E-state index < -0.39 is 0 Å². The highest BCUT2D eigenvalue weighted by Crippen LogP contribution is 2.23. The average Bonchev–Trinajstić information content (AvgIpc) is 2.93. The molecule has 42 heavy (non-hydrogen) atoms. The maximum Gasteiger partial charge on any atom is 0.0472 e. The van der Waals surface area contributed by atoms with Crippen molar-refractivity contribution in [2.24, 2.45) is 0 Å². The van der Waals surface area contributed by atoms with Gasteiger partial charge in [-0.25, -0.2) is 0 Å². The smallest absolute Gasteiger partial charge is 0.0472 e. The van der Waals surface area contributed by atoms with Crippen molar-refractivity contribution >= 4 is 70.3 Å². The van der Waals surface area contributed by atoms with Crippen LogP contribution in [-0.2, 0) is 25.9 Å². The first-order chi connectivity index (χ1) is 19.2. The third kappa shape index (κ3) is 10.6. The van der Waals surface area contributed by atoms with Gasteiger partial charge in [0.05, 0.1) is 0 Å². The largest absolute Gasteiger partial charge is 0.399 e. The first-order valence-electron chi connectivity index (χ1n) is 12.9. The molecule has 4 aromatic carbocycles. The SMILES string of the molecule is Cl.Cl.Nc1ccc(N)c(CNc2ccc(N)c(CCO)c2)c1.Nc1ccc(N)c(CNc2ccc(N)cc2CCO)c1. The van der Waals surface area contributed by atoms with Gasteiger partial charge < -0.3 is 55.2 Å². The number of benzene rings is 4. The minimum absolute atomic E-state index is 0. The first kappa shape index (κ1) is 35.8. The molecule has 0 heterocycles. The van der Waals surface area contributed by atoms with Gasteiger partial charge in [0.15, 0.2) is 0 Å². The Labute approximate surface area is 259 Å². The summed E-state index contributed by atoms with van der Waals surface area (Å²) in [6.45, 7) is 1.31. The van der Waals surface area contributed by atoms with Crippen molar-refractivity contribution in [2.75, 3.05) is 58.2 Å². The summed E-state index contributed by atoms with van der Waals surface area (Å²) in [5.41, 5.74) is 44.8. The highest BCUT2D eigenvalue weighted by atomic mass is 35.5. The maximum atomic E-state index is 9.10. The van der Waals surface area contributed by atoms with Gasteiger partial charge in [0.1, 0.15) is 0 Å². The summed E-state index contributed by atoms with van der Waals surface area (Å²) in [7, 11) is 0. The van der Waals surface area contributed by atoms with Crippen molar-refractivity contribution in [1.82, 2.24) is 0 Å². The third-order valence-electron chi connectivity index (χ3n) is 6.32. The predicted molar refractivity (Wildman–Crippen MR) is 183 cm³/mol. The van der Waals surface area contributed by atoms with Crippen molar-refractivity contribution in [2.45, 2.75) is 25.9 Å². The van der Waals surface area contributed by atoms with Gasteiger partial charge in [-0.15, -0.1) is 24.8 Å². The van der Waals surface area contributed by atoms with Crippen LogP contribution in [0.1, 0.15) is 22.3 Å². The number of halogens is 2. The molecule has 4 rings (SSSR count). The van der Waals surface area contributed by atoms with Gasteiger partial charge in [-0.1, -0.05) is 0 Å². The molecule has 0 aliphatic carbocycles. The number of nitrogens with two attached hydrogens (primary N) is 6. The molecule has 0 bridgehead atoms. The van der Waals surface area contributed by atoms with Gasteiger partial charge in [0.25, 0.3) is 0 Å². The molecule has 0 fully saturated rings. The zero-order chi connectivity index (χ0) is 29.1. The lowest BCUT2D eigenvalue weighted by atomic mass is 10.1. The second-order valence-electron chi connectivity index (χ2n) is 9.40. The number of hydrogen-bond acceptors (Lipinski definition) is 10. The predicted octanol–water partition coefficient (Wildman–Crippen LogP) is 4.00. The summed E-state index contributed by atoms with van der Waals surface area (Å²) >= 11 is 0. The zero-order valence-corrected chi connectivity index (χ0v) is 25.0. The van der Waals surface area contributed by atoms with Crippen LogP contribution in [0.4, 0.5) is 45.5 Å². The fourth-order valence-electron chi connectivity index (χ4n) is 4.11. The Balaban J connectivity index is 0.000000401. The van der Waals surface area contributed by atoms with Crippen LogP contribution in [-0.4, -0.2) is 23.4 Å². The van der Waals surface area contributed by atoms with Crippen LogP contribution >= 0.6 is 24.8 Å². The molecule has 0 radical (unpaired) electrons. The molecule has 0 aromatic heterocycles. The molecule has 12 heteroatoms. The average molecular weight is 618 g/mol. The lowest BCUT2D eigenvalue weighted by Gasteiger charge is -2.14. The molecule has 10 nitrogen and oxygen atoms in total. The van der Waals surface area contributed by atoms with Gasteiger partial charge in [0, 0.05) is 71.8 Å². The topological polar surface area (TPSA) is 221 Å². The van der Waals surface area contributed by atoms with Crippen molar-refractivity contribution in [3.63, 3.8) is 0 Å². The second-order valence-corrected chi connectivity index (χ2v) is 9.40. The third-order valence-corrected chi connectivity index (χ3v) is 6.32. The summed E-state index contributed by atoms with van der Waals surface area (Å²) in [4.78, 5) is 0. The molecule has 0 unspecified atom stereocenters. The highest BCUT2D eigenvalue weighted by molar-refractivity contribution is 5.85. The molecule has 0 aliphatic heterocycles. The van der Waals surface area contributed by atoms with E-state index in [0.29, 0.717) is 60.1 Å². The van der Waals surface area contributed by atoms with E-state index in [4.69, 9.17) is 44.6 Å². The van der Waals surface area contributed by atoms with Crippen molar-refractivity contribution in [3.05, 3.63) is 95.1 Å². The summed E-state index contributed by atoms with van der Waals surface area (Å²) in [5, 5.41) is 24.7. The van der Waals surface area contributed by atoms with E-state index in [0.717, 1.165) is 33.6 Å². The van der Waals surface area contributed by atoms with E-state index in [1.807, 2.05) is 48.5 Å². The molecular formula is C30H42Cl2N8O2. The van der Waals surface area contributed by atoms with E-state index in [1.54, 1.807) is 24.3 Å². The lowest BCUT2D eigenvalue weighted by Crippen LogP contribution is -2.07. The Morgan fingerprint density at radius 2 is 0.905 bits per heavy atom. The minimum atomic E-state index is 0. The van der Waals surface area contributed by atoms with Crippen LogP contribution in [0.15, 0.2) is 72.8 Å². The molecule has 0 aliphatic rings. The number of aliphatic hydroxyl groups is 2. The lowest BCUT2D eigenvalue weighted by molar-refractivity contribution is 0.299. The van der Waals surface area contributed by atoms with Gasteiger partial charge in [-0.3, -0.25) is 0 Å². The minimum Gasteiger partial charge on any atom is -0.399 e. The second kappa shape index (κ2) is 17.6. The molecule has 0 atom stereocenters. The normalized spacial score (nSPS) is 9.95. The molecule has 16 N–H and O–H groups in total. The standard InChI is InChI=1S/2C15H20N4O.2ClH/c16-12-1-3-15(18)11(7-12)9-19-13-2-4-14(17)10(8-13)5-6-20;16-12-1-3-14(18)11(8-12)9-19-15-4-2-13(17)7-10(15)5-6-20;;/h2*1-4,7-8,19-20H,5-6,9,16-18H2;2*1H. The van der Waals surface area contributed by atoms with Crippen LogP contribution in [0, 0.1) is 0 Å². The number of nitrogen functional groups attached to an aromatic ring is 6. The van der Waals surface area contributed by atoms with Gasteiger partial charge in [0.2, 0.25) is 0 Å². The zero-order valence-electron chi connectivity index (χ0n) is 23.3. The monoisotopic (exact) mass is 616 g/mol. The molecule has 0 saturated heterocycles. The summed E-state index contributed by atoms with van der Waals surface area (Å²) in [5.74, 6) is 0. The summed E-state index contributed by atoms with van der Waals surface area (Å²) < 4.78 is 0. The molecule has 0 amide bonds. The summed E-state index contributed by atoms with van der Waals surface area (Å²) in [6.07, 6.45) is 1.10.